The summed E-state index contributed by atoms with van der Waals surface area (Å²) in [6, 6.07) is 0. The van der Waals surface area contributed by atoms with Gasteiger partial charge in [0.2, 0.25) is 0 Å². The van der Waals surface area contributed by atoms with E-state index in [2.05, 4.69) is 4.90 Å². The molecule has 0 aliphatic carbocycles. The van der Waals surface area contributed by atoms with E-state index in [1.165, 1.54) is 32.4 Å². The van der Waals surface area contributed by atoms with Gasteiger partial charge in [0, 0.05) is 26.2 Å². The minimum Gasteiger partial charge on any atom is -0.379 e. The van der Waals surface area contributed by atoms with E-state index in [1.54, 1.807) is 0 Å². The van der Waals surface area contributed by atoms with Crippen molar-refractivity contribution in [3.05, 3.63) is 0 Å². The lowest BCUT2D eigenvalue weighted by molar-refractivity contribution is -0.0694. The number of likely N-dealkylation sites (tertiary alicyclic amines) is 1. The summed E-state index contributed by atoms with van der Waals surface area (Å²) >= 11 is 0. The van der Waals surface area contributed by atoms with E-state index in [9.17, 15) is 0 Å². The van der Waals surface area contributed by atoms with Gasteiger partial charge in [0.15, 0.2) is 0 Å². The number of hydrogen-bond donors (Lipinski definition) is 1. The minimum absolute atomic E-state index is 0.205. The van der Waals surface area contributed by atoms with Crippen molar-refractivity contribution < 1.29 is 4.74 Å². The lowest BCUT2D eigenvalue weighted by Gasteiger charge is -2.50. The molecule has 2 fully saturated rings. The standard InChI is InChI=1S/C9H18N2O/c10-7-9(11-4-2-5-11)3-1-6-12-8-9/h1-8,10H2. The van der Waals surface area contributed by atoms with Gasteiger partial charge in [0.25, 0.3) is 0 Å². The Hall–Kier alpha value is -0.120. The molecule has 0 spiro atoms. The summed E-state index contributed by atoms with van der Waals surface area (Å²) in [6.45, 7) is 4.98. The van der Waals surface area contributed by atoms with Crippen LogP contribution in [0.25, 0.3) is 0 Å². The normalized spacial score (nSPS) is 37.8. The summed E-state index contributed by atoms with van der Waals surface area (Å²) in [4.78, 5) is 2.49. The smallest absolute Gasteiger partial charge is 0.0662 e. The Bertz CT molecular complexity index is 151. The van der Waals surface area contributed by atoms with Crippen LogP contribution in [0.5, 0.6) is 0 Å². The molecular weight excluding hydrogens is 152 g/mol. The van der Waals surface area contributed by atoms with Crippen LogP contribution in [-0.4, -0.2) is 43.3 Å². The molecule has 0 bridgehead atoms. The molecule has 3 nitrogen and oxygen atoms in total. The molecule has 0 aromatic carbocycles. The van der Waals surface area contributed by atoms with E-state index in [0.29, 0.717) is 0 Å². The molecular formula is C9H18N2O. The second kappa shape index (κ2) is 3.32. The Balaban J connectivity index is 2.00. The molecule has 2 aliphatic rings. The second-order valence-corrected chi connectivity index (χ2v) is 3.93. The molecule has 1 atom stereocenters. The zero-order valence-electron chi connectivity index (χ0n) is 7.59. The summed E-state index contributed by atoms with van der Waals surface area (Å²) < 4.78 is 5.51. The Kier molecular flexibility index (Phi) is 2.35. The molecule has 2 saturated heterocycles. The quantitative estimate of drug-likeness (QED) is 0.643. The van der Waals surface area contributed by atoms with Gasteiger partial charge in [-0.3, -0.25) is 4.90 Å². The molecule has 70 valence electrons. The van der Waals surface area contributed by atoms with E-state index in [-0.39, 0.29) is 5.54 Å². The zero-order chi connectivity index (χ0) is 8.44. The molecule has 0 amide bonds. The van der Waals surface area contributed by atoms with Gasteiger partial charge in [-0.2, -0.15) is 0 Å². The van der Waals surface area contributed by atoms with Crippen molar-refractivity contribution in [3.63, 3.8) is 0 Å². The second-order valence-electron chi connectivity index (χ2n) is 3.93. The Morgan fingerprint density at radius 3 is 2.58 bits per heavy atom. The lowest BCUT2D eigenvalue weighted by Crippen LogP contribution is -2.63. The topological polar surface area (TPSA) is 38.5 Å². The summed E-state index contributed by atoms with van der Waals surface area (Å²) in [5.41, 5.74) is 6.03. The molecule has 2 aliphatic heterocycles. The first kappa shape index (κ1) is 8.48. The van der Waals surface area contributed by atoms with Crippen LogP contribution in [0.4, 0.5) is 0 Å². The molecule has 1 unspecified atom stereocenters. The maximum Gasteiger partial charge on any atom is 0.0662 e. The van der Waals surface area contributed by atoms with Crippen LogP contribution in [-0.2, 0) is 4.74 Å². The highest BCUT2D eigenvalue weighted by molar-refractivity contribution is 4.96. The van der Waals surface area contributed by atoms with Crippen molar-refractivity contribution in [2.24, 2.45) is 5.73 Å². The van der Waals surface area contributed by atoms with Crippen LogP contribution in [0.3, 0.4) is 0 Å². The minimum atomic E-state index is 0.205. The lowest BCUT2D eigenvalue weighted by atomic mass is 9.88. The molecule has 3 heteroatoms. The van der Waals surface area contributed by atoms with Crippen LogP contribution in [0.15, 0.2) is 0 Å². The third-order valence-electron chi connectivity index (χ3n) is 3.21. The Morgan fingerprint density at radius 2 is 2.17 bits per heavy atom. The predicted octanol–water partition coefficient (Wildman–Crippen LogP) is 0.200. The highest BCUT2D eigenvalue weighted by Gasteiger charge is 2.39. The third kappa shape index (κ3) is 1.26. The maximum atomic E-state index is 5.83. The number of hydrogen-bond acceptors (Lipinski definition) is 3. The van der Waals surface area contributed by atoms with Gasteiger partial charge < -0.3 is 10.5 Å². The summed E-state index contributed by atoms with van der Waals surface area (Å²) in [7, 11) is 0. The van der Waals surface area contributed by atoms with Gasteiger partial charge in [-0.25, -0.2) is 0 Å². The maximum absolute atomic E-state index is 5.83. The number of rotatable bonds is 2. The van der Waals surface area contributed by atoms with Gasteiger partial charge in [-0.15, -0.1) is 0 Å². The van der Waals surface area contributed by atoms with E-state index in [0.717, 1.165) is 19.8 Å². The van der Waals surface area contributed by atoms with Crippen LogP contribution in [0.1, 0.15) is 19.3 Å². The van der Waals surface area contributed by atoms with Gasteiger partial charge in [0.1, 0.15) is 0 Å². The highest BCUT2D eigenvalue weighted by atomic mass is 16.5. The van der Waals surface area contributed by atoms with Crippen molar-refractivity contribution in [2.45, 2.75) is 24.8 Å². The first-order valence-corrected chi connectivity index (χ1v) is 4.90. The molecule has 12 heavy (non-hydrogen) atoms. The molecule has 2 N–H and O–H groups in total. The van der Waals surface area contributed by atoms with Crippen molar-refractivity contribution >= 4 is 0 Å². The van der Waals surface area contributed by atoms with Gasteiger partial charge in [-0.05, 0) is 19.3 Å². The van der Waals surface area contributed by atoms with E-state index in [4.69, 9.17) is 10.5 Å². The largest absolute Gasteiger partial charge is 0.379 e. The van der Waals surface area contributed by atoms with Crippen LogP contribution >= 0.6 is 0 Å². The first-order chi connectivity index (χ1) is 5.87. The van der Waals surface area contributed by atoms with E-state index >= 15 is 0 Å². The SMILES string of the molecule is NCC1(N2CCC2)CCCOC1. The molecule has 2 heterocycles. The van der Waals surface area contributed by atoms with Crippen molar-refractivity contribution in [1.29, 1.82) is 0 Å². The Morgan fingerprint density at radius 1 is 1.33 bits per heavy atom. The van der Waals surface area contributed by atoms with Crippen LogP contribution in [0, 0.1) is 0 Å². The first-order valence-electron chi connectivity index (χ1n) is 4.90. The average Bonchev–Trinajstić information content (AvgIpc) is 2.03. The average molecular weight is 170 g/mol. The highest BCUT2D eigenvalue weighted by Crippen LogP contribution is 2.29. The molecule has 2 rings (SSSR count). The molecule has 0 saturated carbocycles. The van der Waals surface area contributed by atoms with E-state index < -0.39 is 0 Å². The summed E-state index contributed by atoms with van der Waals surface area (Å²) in [6.07, 6.45) is 3.74. The van der Waals surface area contributed by atoms with Crippen molar-refractivity contribution in [1.82, 2.24) is 4.90 Å². The Labute approximate surface area is 73.9 Å². The van der Waals surface area contributed by atoms with E-state index in [1.807, 2.05) is 0 Å². The van der Waals surface area contributed by atoms with Gasteiger partial charge >= 0.3 is 0 Å². The fourth-order valence-electron chi connectivity index (χ4n) is 2.17. The summed E-state index contributed by atoms with van der Waals surface area (Å²) in [5.74, 6) is 0. The zero-order valence-corrected chi connectivity index (χ0v) is 7.59. The fraction of sp³-hybridized carbons (Fsp3) is 1.00. The van der Waals surface area contributed by atoms with Crippen LogP contribution in [0.2, 0.25) is 0 Å². The molecule has 0 radical (unpaired) electrons. The van der Waals surface area contributed by atoms with Gasteiger partial charge in [0.05, 0.1) is 12.1 Å². The molecule has 0 aromatic rings. The molecule has 0 aromatic heterocycles. The number of ether oxygens (including phenoxy) is 1. The van der Waals surface area contributed by atoms with Crippen molar-refractivity contribution in [3.8, 4) is 0 Å². The van der Waals surface area contributed by atoms with Crippen molar-refractivity contribution in [2.75, 3.05) is 32.8 Å². The fourth-order valence-corrected chi connectivity index (χ4v) is 2.17. The van der Waals surface area contributed by atoms with Crippen LogP contribution < -0.4 is 5.73 Å². The van der Waals surface area contributed by atoms with Gasteiger partial charge in [-0.1, -0.05) is 0 Å². The number of nitrogens with zero attached hydrogens (tertiary/aromatic N) is 1. The third-order valence-corrected chi connectivity index (χ3v) is 3.21. The number of nitrogens with two attached hydrogens (primary N) is 1. The summed E-state index contributed by atoms with van der Waals surface area (Å²) in [5, 5.41) is 0. The predicted molar refractivity (Wildman–Crippen MR) is 48.0 cm³/mol. The monoisotopic (exact) mass is 170 g/mol.